The van der Waals surface area contributed by atoms with Gasteiger partial charge >= 0.3 is 85.3 Å². The topological polar surface area (TPSA) is 0 Å². The second kappa shape index (κ2) is 2.73. The first-order chi connectivity index (χ1) is 5.45. The average molecular weight is 296 g/mol. The molecular weight excluding hydrogens is 288 g/mol. The van der Waals surface area contributed by atoms with Crippen molar-refractivity contribution in [3.05, 3.63) is 19.3 Å². The molecule has 0 bridgehead atoms. The zero-order valence-corrected chi connectivity index (χ0v) is 9.91. The summed E-state index contributed by atoms with van der Waals surface area (Å²) in [7, 11) is 0. The molecule has 2 atom stereocenters. The monoisotopic (exact) mass is 298 g/mol. The van der Waals surface area contributed by atoms with E-state index in [1.165, 1.54) is 11.5 Å². The van der Waals surface area contributed by atoms with Crippen molar-refractivity contribution >= 4 is 44.0 Å². The minimum absolute atomic E-state index is 0.163. The van der Waals surface area contributed by atoms with E-state index < -0.39 is 0 Å². The molecule has 2 fully saturated rings. The molecule has 0 nitrogen and oxygen atoms in total. The molecule has 11 heavy (non-hydrogen) atoms. The molecule has 0 saturated carbocycles. The average Bonchev–Trinajstić information content (AvgIpc) is 2.91. The summed E-state index contributed by atoms with van der Waals surface area (Å²) in [6, 6.07) is 0. The predicted molar refractivity (Wildman–Crippen MR) is 53.8 cm³/mol. The van der Waals surface area contributed by atoms with Crippen molar-refractivity contribution in [1.29, 1.82) is 0 Å². The summed E-state index contributed by atoms with van der Waals surface area (Å²) >= 11 is 4.40. The van der Waals surface area contributed by atoms with Crippen molar-refractivity contribution < 1.29 is 0 Å². The first-order valence-corrected chi connectivity index (χ1v) is 8.53. The summed E-state index contributed by atoms with van der Waals surface area (Å²) in [4.78, 5) is 0. The Bertz CT molecular complexity index is 247. The van der Waals surface area contributed by atoms with Crippen LogP contribution in [0.25, 0.3) is 0 Å². The zero-order valence-electron chi connectivity index (χ0n) is 5.95. The van der Waals surface area contributed by atoms with E-state index in [1.54, 1.807) is 11.1 Å². The van der Waals surface area contributed by atoms with Gasteiger partial charge in [0.25, 0.3) is 0 Å². The van der Waals surface area contributed by atoms with E-state index in [-0.39, 0.29) is 20.4 Å². The van der Waals surface area contributed by atoms with E-state index in [1.807, 2.05) is 0 Å². The van der Waals surface area contributed by atoms with Crippen molar-refractivity contribution in [2.24, 2.45) is 0 Å². The maximum absolute atomic E-state index is 2.56. The molecule has 1 aromatic heterocycles. The molecule has 0 spiro atoms. The van der Waals surface area contributed by atoms with Gasteiger partial charge in [0.2, 0.25) is 0 Å². The third-order valence-electron chi connectivity index (χ3n) is 2.08. The van der Waals surface area contributed by atoms with Crippen molar-refractivity contribution in [2.45, 2.75) is 10.5 Å². The molecule has 2 unspecified atom stereocenters. The molecule has 0 radical (unpaired) electrons. The molecule has 58 valence electrons. The van der Waals surface area contributed by atoms with Gasteiger partial charge in [-0.15, -0.1) is 0 Å². The third-order valence-corrected chi connectivity index (χ3v) is 6.15. The molecule has 2 aliphatic rings. The van der Waals surface area contributed by atoms with E-state index in [0.29, 0.717) is 0 Å². The number of hydrogen-bond donors (Lipinski definition) is 0. The fraction of sp³-hybridized carbons (Fsp3) is 0.500. The molecular formula is C8H8S2Te. The Kier molecular flexibility index (Phi) is 1.83. The van der Waals surface area contributed by atoms with Gasteiger partial charge in [0.1, 0.15) is 0 Å². The van der Waals surface area contributed by atoms with E-state index in [4.69, 9.17) is 0 Å². The standard InChI is InChI=1S/C8H8S2Te/c1-7(9-1)5-3-11-4-6(5)8-2-10-8/h3-4,7-8H,1-2H2. The van der Waals surface area contributed by atoms with Crippen LogP contribution >= 0.6 is 23.5 Å². The molecule has 1 aromatic rings. The van der Waals surface area contributed by atoms with Crippen molar-refractivity contribution in [3.63, 3.8) is 0 Å². The Morgan fingerprint density at radius 2 is 1.55 bits per heavy atom. The van der Waals surface area contributed by atoms with Crippen LogP contribution in [-0.2, 0) is 0 Å². The van der Waals surface area contributed by atoms with Gasteiger partial charge in [-0.05, 0) is 0 Å². The van der Waals surface area contributed by atoms with Crippen LogP contribution < -0.4 is 0 Å². The third kappa shape index (κ3) is 1.42. The van der Waals surface area contributed by atoms with Gasteiger partial charge in [-0.3, -0.25) is 0 Å². The molecule has 0 aromatic carbocycles. The van der Waals surface area contributed by atoms with Crippen LogP contribution in [0.3, 0.4) is 0 Å². The Balaban J connectivity index is 1.98. The van der Waals surface area contributed by atoms with Crippen LogP contribution in [0.4, 0.5) is 0 Å². The minimum atomic E-state index is 0.163. The number of rotatable bonds is 2. The van der Waals surface area contributed by atoms with Gasteiger partial charge in [0, 0.05) is 0 Å². The van der Waals surface area contributed by atoms with Gasteiger partial charge in [0.05, 0.1) is 0 Å². The van der Waals surface area contributed by atoms with Crippen LogP contribution in [0, 0.1) is 0 Å². The second-order valence-electron chi connectivity index (χ2n) is 2.93. The Morgan fingerprint density at radius 1 is 1.09 bits per heavy atom. The molecule has 0 amide bonds. The normalized spacial score (nSPS) is 33.8. The van der Waals surface area contributed by atoms with Crippen LogP contribution in [-0.4, -0.2) is 31.9 Å². The molecule has 2 saturated heterocycles. The SMILES string of the molecule is c1[te]cc(C2CS2)c1C1CS1. The maximum atomic E-state index is 2.56. The van der Waals surface area contributed by atoms with Crippen molar-refractivity contribution in [3.8, 4) is 0 Å². The Labute approximate surface area is 84.8 Å². The summed E-state index contributed by atoms with van der Waals surface area (Å²) in [6.45, 7) is 0. The Morgan fingerprint density at radius 3 is 1.91 bits per heavy atom. The fourth-order valence-corrected chi connectivity index (χ4v) is 5.90. The van der Waals surface area contributed by atoms with Crippen molar-refractivity contribution in [2.75, 3.05) is 11.5 Å². The van der Waals surface area contributed by atoms with Crippen LogP contribution in [0.5, 0.6) is 0 Å². The molecule has 0 N–H and O–H groups in total. The molecule has 2 aliphatic heterocycles. The summed E-state index contributed by atoms with van der Waals surface area (Å²) in [6.07, 6.45) is 0. The summed E-state index contributed by atoms with van der Waals surface area (Å²) < 4.78 is 5.12. The fourth-order valence-electron chi connectivity index (χ4n) is 1.30. The Hall–Kier alpha value is 0.970. The first kappa shape index (κ1) is 7.38. The number of thioether (sulfide) groups is 2. The second-order valence-corrected chi connectivity index (χ2v) is 7.52. The summed E-state index contributed by atoms with van der Waals surface area (Å²) in [5.74, 6) is 2.79. The quantitative estimate of drug-likeness (QED) is 0.607. The first-order valence-electron chi connectivity index (χ1n) is 3.74. The number of hydrogen-bond acceptors (Lipinski definition) is 2. The predicted octanol–water partition coefficient (Wildman–Crippen LogP) is 2.32. The van der Waals surface area contributed by atoms with Gasteiger partial charge in [0.15, 0.2) is 0 Å². The molecule has 3 heterocycles. The van der Waals surface area contributed by atoms with Gasteiger partial charge in [-0.25, -0.2) is 0 Å². The summed E-state index contributed by atoms with van der Waals surface area (Å²) in [5, 5.41) is 1.85. The van der Waals surface area contributed by atoms with E-state index in [0.717, 1.165) is 10.5 Å². The van der Waals surface area contributed by atoms with Crippen LogP contribution in [0.15, 0.2) is 8.16 Å². The van der Waals surface area contributed by atoms with E-state index in [2.05, 4.69) is 31.7 Å². The van der Waals surface area contributed by atoms with Crippen LogP contribution in [0.2, 0.25) is 0 Å². The van der Waals surface area contributed by atoms with Gasteiger partial charge in [-0.1, -0.05) is 0 Å². The molecule has 0 aliphatic carbocycles. The summed E-state index contributed by atoms with van der Waals surface area (Å²) in [5.41, 5.74) is 3.49. The van der Waals surface area contributed by atoms with Gasteiger partial charge in [-0.2, -0.15) is 0 Å². The molecule has 3 heteroatoms. The van der Waals surface area contributed by atoms with E-state index in [9.17, 15) is 0 Å². The van der Waals surface area contributed by atoms with Crippen LogP contribution in [0.1, 0.15) is 21.6 Å². The van der Waals surface area contributed by atoms with Crippen molar-refractivity contribution in [1.82, 2.24) is 0 Å². The molecule has 3 rings (SSSR count). The van der Waals surface area contributed by atoms with E-state index >= 15 is 0 Å². The van der Waals surface area contributed by atoms with Gasteiger partial charge < -0.3 is 0 Å². The zero-order chi connectivity index (χ0) is 7.26.